The first-order chi connectivity index (χ1) is 10.4. The average Bonchev–Trinajstić information content (AvgIpc) is 2.48. The van der Waals surface area contributed by atoms with Crippen LogP contribution >= 0.6 is 0 Å². The smallest absolute Gasteiger partial charge is 0.222 e. The molecule has 0 atom stereocenters. The first-order valence-electron chi connectivity index (χ1n) is 7.96. The highest BCUT2D eigenvalue weighted by Crippen LogP contribution is 2.17. The number of hydrogen-bond donors (Lipinski definition) is 1. The molecular weight excluding hydrogens is 276 g/mol. The molecule has 0 aromatic heterocycles. The third-order valence-electron chi connectivity index (χ3n) is 3.44. The lowest BCUT2D eigenvalue weighted by Crippen LogP contribution is -2.39. The Morgan fingerprint density at radius 2 is 1.86 bits per heavy atom. The minimum atomic E-state index is 0.0955. The Labute approximate surface area is 134 Å². The number of benzene rings is 1. The summed E-state index contributed by atoms with van der Waals surface area (Å²) in [5.74, 6) is 1.06. The zero-order chi connectivity index (χ0) is 16.6. The van der Waals surface area contributed by atoms with Gasteiger partial charge < -0.3 is 15.4 Å². The van der Waals surface area contributed by atoms with Crippen LogP contribution in [0.25, 0.3) is 0 Å². The van der Waals surface area contributed by atoms with Gasteiger partial charge in [0, 0.05) is 19.5 Å². The monoisotopic (exact) mass is 306 g/mol. The van der Waals surface area contributed by atoms with Crippen LogP contribution in [-0.2, 0) is 11.2 Å². The maximum absolute atomic E-state index is 12.4. The van der Waals surface area contributed by atoms with Gasteiger partial charge in [0.05, 0.1) is 7.11 Å². The molecule has 0 aliphatic heterocycles. The molecule has 4 heteroatoms. The molecule has 0 saturated heterocycles. The quantitative estimate of drug-likeness (QED) is 0.803. The summed E-state index contributed by atoms with van der Waals surface area (Å²) in [6, 6.07) is 8.02. The number of amides is 1. The molecule has 0 unspecified atom stereocenters. The van der Waals surface area contributed by atoms with Crippen molar-refractivity contribution in [1.29, 1.82) is 0 Å². The van der Waals surface area contributed by atoms with E-state index in [1.54, 1.807) is 7.11 Å². The number of nitrogens with zero attached hydrogens (tertiary/aromatic N) is 1. The van der Waals surface area contributed by atoms with Gasteiger partial charge in [-0.25, -0.2) is 0 Å². The van der Waals surface area contributed by atoms with Crippen molar-refractivity contribution in [2.24, 2.45) is 11.1 Å². The van der Waals surface area contributed by atoms with Crippen LogP contribution in [0.1, 0.15) is 39.2 Å². The largest absolute Gasteiger partial charge is 0.497 e. The summed E-state index contributed by atoms with van der Waals surface area (Å²) < 4.78 is 5.17. The van der Waals surface area contributed by atoms with Gasteiger partial charge in [-0.2, -0.15) is 0 Å². The van der Waals surface area contributed by atoms with Gasteiger partial charge in [-0.15, -0.1) is 0 Å². The minimum absolute atomic E-state index is 0.0955. The second-order valence-corrected chi connectivity index (χ2v) is 6.87. The molecule has 0 aliphatic rings. The van der Waals surface area contributed by atoms with E-state index in [4.69, 9.17) is 10.5 Å². The Morgan fingerprint density at radius 1 is 1.23 bits per heavy atom. The van der Waals surface area contributed by atoms with Gasteiger partial charge in [-0.3, -0.25) is 4.79 Å². The lowest BCUT2D eigenvalue weighted by Gasteiger charge is -2.30. The fraction of sp³-hybridized carbons (Fsp3) is 0.611. The van der Waals surface area contributed by atoms with E-state index in [1.165, 1.54) is 5.56 Å². The van der Waals surface area contributed by atoms with Crippen LogP contribution in [0, 0.1) is 5.41 Å². The van der Waals surface area contributed by atoms with Crippen LogP contribution in [0.2, 0.25) is 0 Å². The summed E-state index contributed by atoms with van der Waals surface area (Å²) in [4.78, 5) is 14.3. The molecule has 0 aliphatic carbocycles. The molecule has 2 N–H and O–H groups in total. The Bertz CT molecular complexity index is 449. The molecule has 1 aromatic rings. The summed E-state index contributed by atoms with van der Waals surface area (Å²) in [7, 11) is 1.66. The van der Waals surface area contributed by atoms with E-state index in [0.29, 0.717) is 13.0 Å². The molecule has 124 valence electrons. The second-order valence-electron chi connectivity index (χ2n) is 6.87. The van der Waals surface area contributed by atoms with Gasteiger partial charge in [0.15, 0.2) is 0 Å². The molecule has 1 rings (SSSR count). The fourth-order valence-electron chi connectivity index (χ4n) is 2.33. The first-order valence-corrected chi connectivity index (χ1v) is 7.96. The zero-order valence-corrected chi connectivity index (χ0v) is 14.4. The van der Waals surface area contributed by atoms with Crippen molar-refractivity contribution in [1.82, 2.24) is 4.90 Å². The van der Waals surface area contributed by atoms with Gasteiger partial charge >= 0.3 is 0 Å². The third-order valence-corrected chi connectivity index (χ3v) is 3.44. The van der Waals surface area contributed by atoms with Crippen molar-refractivity contribution < 1.29 is 9.53 Å². The predicted octanol–water partition coefficient (Wildman–Crippen LogP) is 2.85. The SMILES string of the molecule is COc1ccc(CCN(CC(C)(C)C)C(=O)CCCN)cc1. The van der Waals surface area contributed by atoms with E-state index < -0.39 is 0 Å². The maximum atomic E-state index is 12.4. The average molecular weight is 306 g/mol. The fourth-order valence-corrected chi connectivity index (χ4v) is 2.33. The maximum Gasteiger partial charge on any atom is 0.222 e. The Balaban J connectivity index is 2.64. The lowest BCUT2D eigenvalue weighted by atomic mass is 9.95. The lowest BCUT2D eigenvalue weighted by molar-refractivity contribution is -0.132. The molecular formula is C18H30N2O2. The van der Waals surface area contributed by atoms with Crippen molar-refractivity contribution in [3.8, 4) is 5.75 Å². The van der Waals surface area contributed by atoms with E-state index in [-0.39, 0.29) is 11.3 Å². The summed E-state index contributed by atoms with van der Waals surface area (Å²) in [6.07, 6.45) is 2.14. The van der Waals surface area contributed by atoms with Gasteiger partial charge in [0.1, 0.15) is 5.75 Å². The highest BCUT2D eigenvalue weighted by Gasteiger charge is 2.20. The van der Waals surface area contributed by atoms with Gasteiger partial charge in [0.25, 0.3) is 0 Å². The van der Waals surface area contributed by atoms with Crippen molar-refractivity contribution in [3.63, 3.8) is 0 Å². The standard InChI is InChI=1S/C18H30N2O2/c1-18(2,3)14-20(17(21)6-5-12-19)13-11-15-7-9-16(22-4)10-8-15/h7-10H,5-6,11-14,19H2,1-4H3. The van der Waals surface area contributed by atoms with Crippen LogP contribution in [-0.4, -0.2) is 37.6 Å². The van der Waals surface area contributed by atoms with Crippen LogP contribution in [0.4, 0.5) is 0 Å². The predicted molar refractivity (Wildman–Crippen MR) is 91.0 cm³/mol. The molecule has 0 fully saturated rings. The van der Waals surface area contributed by atoms with Crippen molar-refractivity contribution in [3.05, 3.63) is 29.8 Å². The van der Waals surface area contributed by atoms with E-state index in [9.17, 15) is 4.79 Å². The number of carbonyl (C=O) groups is 1. The number of nitrogens with two attached hydrogens (primary N) is 1. The van der Waals surface area contributed by atoms with Crippen LogP contribution in [0.15, 0.2) is 24.3 Å². The molecule has 22 heavy (non-hydrogen) atoms. The summed E-state index contributed by atoms with van der Waals surface area (Å²) in [6.45, 7) is 8.55. The van der Waals surface area contributed by atoms with E-state index in [2.05, 4.69) is 32.9 Å². The topological polar surface area (TPSA) is 55.6 Å². The van der Waals surface area contributed by atoms with E-state index in [1.807, 2.05) is 17.0 Å². The molecule has 4 nitrogen and oxygen atoms in total. The van der Waals surface area contributed by atoms with Crippen LogP contribution < -0.4 is 10.5 Å². The number of carbonyl (C=O) groups excluding carboxylic acids is 1. The van der Waals surface area contributed by atoms with Crippen LogP contribution in [0.5, 0.6) is 5.75 Å². The van der Waals surface area contributed by atoms with Gasteiger partial charge in [0.2, 0.25) is 5.91 Å². The van der Waals surface area contributed by atoms with Crippen molar-refractivity contribution >= 4 is 5.91 Å². The minimum Gasteiger partial charge on any atom is -0.497 e. The zero-order valence-electron chi connectivity index (χ0n) is 14.4. The second kappa shape index (κ2) is 8.79. The first kappa shape index (κ1) is 18.5. The van der Waals surface area contributed by atoms with E-state index >= 15 is 0 Å². The Morgan fingerprint density at radius 3 is 2.36 bits per heavy atom. The summed E-state index contributed by atoms with van der Waals surface area (Å²) >= 11 is 0. The normalized spacial score (nSPS) is 11.3. The Hall–Kier alpha value is -1.55. The third kappa shape index (κ3) is 6.94. The Kier molecular flexibility index (Phi) is 7.39. The molecule has 0 radical (unpaired) electrons. The van der Waals surface area contributed by atoms with Crippen LogP contribution in [0.3, 0.4) is 0 Å². The van der Waals surface area contributed by atoms with Gasteiger partial charge in [-0.1, -0.05) is 32.9 Å². The molecule has 0 heterocycles. The summed E-state index contributed by atoms with van der Waals surface area (Å²) in [5.41, 5.74) is 6.82. The highest BCUT2D eigenvalue weighted by atomic mass is 16.5. The highest BCUT2D eigenvalue weighted by molar-refractivity contribution is 5.76. The van der Waals surface area contributed by atoms with E-state index in [0.717, 1.165) is 31.7 Å². The number of hydrogen-bond acceptors (Lipinski definition) is 3. The molecule has 1 aromatic carbocycles. The van der Waals surface area contributed by atoms with Crippen molar-refractivity contribution in [2.45, 2.75) is 40.0 Å². The van der Waals surface area contributed by atoms with Gasteiger partial charge in [-0.05, 0) is 42.5 Å². The molecule has 1 amide bonds. The molecule has 0 saturated carbocycles. The number of ether oxygens (including phenoxy) is 1. The number of rotatable bonds is 8. The molecule has 0 bridgehead atoms. The number of methoxy groups -OCH3 is 1. The summed E-state index contributed by atoms with van der Waals surface area (Å²) in [5, 5.41) is 0. The molecule has 0 spiro atoms. The van der Waals surface area contributed by atoms with Crippen molar-refractivity contribution in [2.75, 3.05) is 26.7 Å².